The first-order valence-electron chi connectivity index (χ1n) is 4.86. The van der Waals surface area contributed by atoms with E-state index in [2.05, 4.69) is 5.92 Å². The molecule has 0 saturated heterocycles. The molecule has 1 rings (SSSR count). The maximum Gasteiger partial charge on any atom is 0.404 e. The Labute approximate surface area is 101 Å². The second-order valence-corrected chi connectivity index (χ2v) is 3.10. The van der Waals surface area contributed by atoms with Crippen molar-refractivity contribution in [2.45, 2.75) is 0 Å². The van der Waals surface area contributed by atoms with Crippen molar-refractivity contribution in [2.24, 2.45) is 0 Å². The fourth-order valence-electron chi connectivity index (χ4n) is 1.01. The predicted molar refractivity (Wildman–Crippen MR) is 67.3 cm³/mol. The number of carbonyl (C=O) groups is 1. The van der Waals surface area contributed by atoms with Crippen LogP contribution in [0, 0.1) is 12.3 Å². The van der Waals surface area contributed by atoms with Crippen LogP contribution in [0.15, 0.2) is 24.3 Å². The monoisotopic (exact) mass is 236 g/mol. The SMILES string of the molecule is C#CCN(C)c1ccccc1O.CNC(=O)O. The van der Waals surface area contributed by atoms with Gasteiger partial charge in [-0.25, -0.2) is 4.79 Å². The summed E-state index contributed by atoms with van der Waals surface area (Å²) in [7, 11) is 3.19. The molecule has 0 aliphatic rings. The van der Waals surface area contributed by atoms with Gasteiger partial charge in [-0.15, -0.1) is 6.42 Å². The summed E-state index contributed by atoms with van der Waals surface area (Å²) < 4.78 is 0. The van der Waals surface area contributed by atoms with Crippen LogP contribution in [0.4, 0.5) is 10.5 Å². The van der Waals surface area contributed by atoms with Crippen molar-refractivity contribution in [2.75, 3.05) is 25.5 Å². The average Bonchev–Trinajstić information content (AvgIpc) is 2.30. The van der Waals surface area contributed by atoms with Crippen molar-refractivity contribution in [3.63, 3.8) is 0 Å². The smallest absolute Gasteiger partial charge is 0.404 e. The molecule has 0 heterocycles. The van der Waals surface area contributed by atoms with Crippen LogP contribution in [-0.2, 0) is 0 Å². The number of rotatable bonds is 2. The third-order valence-electron chi connectivity index (χ3n) is 1.84. The summed E-state index contributed by atoms with van der Waals surface area (Å²) in [4.78, 5) is 11.1. The first-order chi connectivity index (χ1) is 8.02. The van der Waals surface area contributed by atoms with Gasteiger partial charge in [-0.1, -0.05) is 18.1 Å². The summed E-state index contributed by atoms with van der Waals surface area (Å²) in [5.41, 5.74) is 0.760. The van der Waals surface area contributed by atoms with Crippen molar-refractivity contribution in [1.29, 1.82) is 0 Å². The molecule has 0 bridgehead atoms. The zero-order chi connectivity index (χ0) is 13.3. The van der Waals surface area contributed by atoms with Crippen LogP contribution < -0.4 is 10.2 Å². The van der Waals surface area contributed by atoms with Gasteiger partial charge < -0.3 is 20.4 Å². The molecule has 17 heavy (non-hydrogen) atoms. The lowest BCUT2D eigenvalue weighted by molar-refractivity contribution is 0.197. The van der Waals surface area contributed by atoms with Crippen molar-refractivity contribution < 1.29 is 15.0 Å². The third-order valence-corrected chi connectivity index (χ3v) is 1.84. The third kappa shape index (κ3) is 5.95. The minimum absolute atomic E-state index is 0.259. The van der Waals surface area contributed by atoms with Gasteiger partial charge in [0.15, 0.2) is 0 Å². The Morgan fingerprint density at radius 2 is 2.06 bits per heavy atom. The van der Waals surface area contributed by atoms with E-state index in [-0.39, 0.29) is 5.75 Å². The maximum absolute atomic E-state index is 9.40. The van der Waals surface area contributed by atoms with Gasteiger partial charge in [0.05, 0.1) is 12.2 Å². The molecule has 1 aromatic rings. The number of amides is 1. The molecule has 92 valence electrons. The highest BCUT2D eigenvalue weighted by Gasteiger charge is 2.02. The molecule has 5 nitrogen and oxygen atoms in total. The van der Waals surface area contributed by atoms with E-state index in [9.17, 15) is 9.90 Å². The molecule has 0 aliphatic carbocycles. The van der Waals surface area contributed by atoms with Gasteiger partial charge in [-0.3, -0.25) is 0 Å². The number of phenols is 1. The molecule has 0 fully saturated rings. The van der Waals surface area contributed by atoms with Gasteiger partial charge >= 0.3 is 6.09 Å². The minimum atomic E-state index is -0.995. The Morgan fingerprint density at radius 1 is 1.53 bits per heavy atom. The van der Waals surface area contributed by atoms with E-state index >= 15 is 0 Å². The fourth-order valence-corrected chi connectivity index (χ4v) is 1.01. The number of nitrogens with zero attached hydrogens (tertiary/aromatic N) is 1. The van der Waals surface area contributed by atoms with Crippen LogP contribution >= 0.6 is 0 Å². The lowest BCUT2D eigenvalue weighted by Crippen LogP contribution is -2.16. The van der Waals surface area contributed by atoms with Gasteiger partial charge in [0.25, 0.3) is 0 Å². The lowest BCUT2D eigenvalue weighted by Gasteiger charge is -2.16. The maximum atomic E-state index is 9.40. The second kappa shape index (κ2) is 7.88. The van der Waals surface area contributed by atoms with E-state index in [0.717, 1.165) is 5.69 Å². The first kappa shape index (κ1) is 14.6. The molecule has 0 aliphatic heterocycles. The molecule has 0 radical (unpaired) electrons. The number of terminal acetylenes is 1. The zero-order valence-electron chi connectivity index (χ0n) is 9.84. The molecule has 5 heteroatoms. The van der Waals surface area contributed by atoms with Crippen molar-refractivity contribution in [1.82, 2.24) is 5.32 Å². The van der Waals surface area contributed by atoms with Crippen LogP contribution in [0.3, 0.4) is 0 Å². The largest absolute Gasteiger partial charge is 0.506 e. The summed E-state index contributed by atoms with van der Waals surface area (Å²) in [5.74, 6) is 2.77. The molecular weight excluding hydrogens is 220 g/mol. The molecule has 1 aromatic carbocycles. The van der Waals surface area contributed by atoms with Crippen molar-refractivity contribution >= 4 is 11.8 Å². The van der Waals surface area contributed by atoms with E-state index in [0.29, 0.717) is 6.54 Å². The zero-order valence-corrected chi connectivity index (χ0v) is 9.84. The standard InChI is InChI=1S/C10H11NO.C2H5NO2/c1-3-8-11(2)9-6-4-5-7-10(9)12;1-3-2(4)5/h1,4-7,12H,8H2,2H3;3H,1H3,(H,4,5). The van der Waals surface area contributed by atoms with Gasteiger partial charge in [0.1, 0.15) is 5.75 Å². The van der Waals surface area contributed by atoms with E-state index in [1.807, 2.05) is 29.4 Å². The normalized spacial score (nSPS) is 8.29. The van der Waals surface area contributed by atoms with Crippen LogP contribution in [0.2, 0.25) is 0 Å². The number of hydrogen-bond donors (Lipinski definition) is 3. The van der Waals surface area contributed by atoms with E-state index in [1.165, 1.54) is 7.05 Å². The van der Waals surface area contributed by atoms with Crippen LogP contribution in [0.1, 0.15) is 0 Å². The predicted octanol–water partition coefficient (Wildman–Crippen LogP) is 1.35. The van der Waals surface area contributed by atoms with Gasteiger partial charge in [-0.2, -0.15) is 0 Å². The van der Waals surface area contributed by atoms with Gasteiger partial charge in [0, 0.05) is 14.1 Å². The number of phenolic OH excluding ortho intramolecular Hbond substituents is 1. The Hall–Kier alpha value is -2.35. The van der Waals surface area contributed by atoms with Gasteiger partial charge in [-0.05, 0) is 12.1 Å². The summed E-state index contributed by atoms with van der Waals surface area (Å²) >= 11 is 0. The van der Waals surface area contributed by atoms with Crippen LogP contribution in [0.25, 0.3) is 0 Å². The van der Waals surface area contributed by atoms with Crippen LogP contribution in [-0.4, -0.2) is 36.9 Å². The minimum Gasteiger partial charge on any atom is -0.506 e. The highest BCUT2D eigenvalue weighted by Crippen LogP contribution is 2.24. The van der Waals surface area contributed by atoms with E-state index < -0.39 is 6.09 Å². The number of benzene rings is 1. The Balaban J connectivity index is 0.000000437. The molecule has 3 N–H and O–H groups in total. The number of anilines is 1. The van der Waals surface area contributed by atoms with Crippen LogP contribution in [0.5, 0.6) is 5.75 Å². The fraction of sp³-hybridized carbons (Fsp3) is 0.250. The molecule has 0 spiro atoms. The topological polar surface area (TPSA) is 72.8 Å². The number of nitrogens with one attached hydrogen (secondary N) is 1. The highest BCUT2D eigenvalue weighted by molar-refractivity contribution is 5.63. The number of para-hydroxylation sites is 2. The second-order valence-electron chi connectivity index (χ2n) is 3.10. The van der Waals surface area contributed by atoms with Crippen molar-refractivity contribution in [3.05, 3.63) is 24.3 Å². The summed E-state index contributed by atoms with van der Waals surface area (Å²) in [6.07, 6.45) is 4.15. The molecule has 0 unspecified atom stereocenters. The highest BCUT2D eigenvalue weighted by atomic mass is 16.4. The lowest BCUT2D eigenvalue weighted by atomic mass is 10.3. The molecule has 0 atom stereocenters. The quantitative estimate of drug-likeness (QED) is 0.678. The van der Waals surface area contributed by atoms with E-state index in [4.69, 9.17) is 11.5 Å². The average molecular weight is 236 g/mol. The Kier molecular flexibility index (Phi) is 6.79. The summed E-state index contributed by atoms with van der Waals surface area (Å²) in [5, 5.41) is 19.0. The van der Waals surface area contributed by atoms with Crippen molar-refractivity contribution in [3.8, 4) is 18.1 Å². The summed E-state index contributed by atoms with van der Waals surface area (Å²) in [6, 6.07) is 7.11. The summed E-state index contributed by atoms with van der Waals surface area (Å²) in [6.45, 7) is 0.498. The molecule has 0 aromatic heterocycles. The molecule has 0 saturated carbocycles. The first-order valence-corrected chi connectivity index (χ1v) is 4.86. The van der Waals surface area contributed by atoms with E-state index in [1.54, 1.807) is 12.1 Å². The Bertz CT molecular complexity index is 399. The number of aromatic hydroxyl groups is 1. The molecule has 1 amide bonds. The molecular formula is C12H16N2O3. The Morgan fingerprint density at radius 3 is 2.47 bits per heavy atom. The number of carboxylic acid groups (broad SMARTS) is 1. The number of hydrogen-bond acceptors (Lipinski definition) is 3. The van der Waals surface area contributed by atoms with Gasteiger partial charge in [0.2, 0.25) is 0 Å².